The minimum Gasteiger partial charge on any atom is -0.285 e. The Balaban J connectivity index is 2.46. The van der Waals surface area contributed by atoms with Crippen molar-refractivity contribution in [2.45, 2.75) is 0 Å². The van der Waals surface area contributed by atoms with Crippen LogP contribution in [0.25, 0.3) is 11.1 Å². The van der Waals surface area contributed by atoms with Crippen LogP contribution in [0.3, 0.4) is 0 Å². The maximum absolute atomic E-state index is 3.85. The smallest absolute Gasteiger partial charge is 0.0565 e. The third kappa shape index (κ3) is 1.15. The highest BCUT2D eigenvalue weighted by Crippen LogP contribution is 2.14. The van der Waals surface area contributed by atoms with E-state index in [2.05, 4.69) is 16.3 Å². The zero-order chi connectivity index (χ0) is 7.52. The topological polar surface area (TPSA) is 28.7 Å². The molecule has 2 aromatic rings. The van der Waals surface area contributed by atoms with E-state index in [0.29, 0.717) is 0 Å². The monoisotopic (exact) mass is 143 g/mol. The van der Waals surface area contributed by atoms with E-state index < -0.39 is 0 Å². The molecular formula is C9H7N2. The van der Waals surface area contributed by atoms with Crippen LogP contribution in [0, 0.1) is 6.07 Å². The van der Waals surface area contributed by atoms with E-state index in [9.17, 15) is 0 Å². The van der Waals surface area contributed by atoms with Gasteiger partial charge in [0.15, 0.2) is 0 Å². The van der Waals surface area contributed by atoms with Crippen molar-refractivity contribution in [3.05, 3.63) is 42.7 Å². The van der Waals surface area contributed by atoms with E-state index in [-0.39, 0.29) is 0 Å². The molecule has 0 amide bonds. The molecule has 53 valence electrons. The Bertz CT molecular complexity index is 311. The zero-order valence-corrected chi connectivity index (χ0v) is 5.91. The second-order valence-electron chi connectivity index (χ2n) is 2.26. The standard InChI is InChI=1S/C9H7N2/c1-2-4-8(5-3-1)9-6-10-11-7-9/h1-4,6-7H,(H,10,11). The van der Waals surface area contributed by atoms with Gasteiger partial charge in [0.1, 0.15) is 0 Å². The van der Waals surface area contributed by atoms with Gasteiger partial charge in [-0.25, -0.2) is 0 Å². The molecule has 0 saturated carbocycles. The van der Waals surface area contributed by atoms with E-state index in [4.69, 9.17) is 0 Å². The van der Waals surface area contributed by atoms with Crippen LogP contribution in [0.1, 0.15) is 0 Å². The van der Waals surface area contributed by atoms with Crippen LogP contribution in [-0.2, 0) is 0 Å². The Kier molecular flexibility index (Phi) is 1.44. The van der Waals surface area contributed by atoms with Crippen molar-refractivity contribution in [1.82, 2.24) is 10.2 Å². The first-order chi connectivity index (χ1) is 5.47. The van der Waals surface area contributed by atoms with Gasteiger partial charge in [-0.1, -0.05) is 24.3 Å². The fraction of sp³-hybridized carbons (Fsp3) is 0. The van der Waals surface area contributed by atoms with Crippen LogP contribution < -0.4 is 0 Å². The molecular weight excluding hydrogens is 136 g/mol. The second-order valence-corrected chi connectivity index (χ2v) is 2.26. The highest BCUT2D eigenvalue weighted by atomic mass is 15.1. The van der Waals surface area contributed by atoms with Crippen molar-refractivity contribution >= 4 is 0 Å². The zero-order valence-electron chi connectivity index (χ0n) is 5.91. The van der Waals surface area contributed by atoms with Gasteiger partial charge >= 0.3 is 0 Å². The van der Waals surface area contributed by atoms with Crippen molar-refractivity contribution < 1.29 is 0 Å². The summed E-state index contributed by atoms with van der Waals surface area (Å²) >= 11 is 0. The first-order valence-electron chi connectivity index (χ1n) is 3.43. The summed E-state index contributed by atoms with van der Waals surface area (Å²) < 4.78 is 0. The summed E-state index contributed by atoms with van der Waals surface area (Å²) in [6.45, 7) is 0. The molecule has 11 heavy (non-hydrogen) atoms. The van der Waals surface area contributed by atoms with Gasteiger partial charge in [-0.15, -0.1) is 0 Å². The first kappa shape index (κ1) is 6.16. The number of nitrogens with one attached hydrogen (secondary N) is 1. The molecule has 0 aliphatic heterocycles. The normalized spacial score (nSPS) is 9.82. The summed E-state index contributed by atoms with van der Waals surface area (Å²) in [5.74, 6) is 0. The highest BCUT2D eigenvalue weighted by molar-refractivity contribution is 5.60. The minimum atomic E-state index is 1.07. The van der Waals surface area contributed by atoms with Crippen molar-refractivity contribution in [1.29, 1.82) is 0 Å². The number of hydrogen-bond donors (Lipinski definition) is 1. The lowest BCUT2D eigenvalue weighted by Crippen LogP contribution is -1.70. The van der Waals surface area contributed by atoms with E-state index in [0.717, 1.165) is 11.1 Å². The van der Waals surface area contributed by atoms with E-state index >= 15 is 0 Å². The van der Waals surface area contributed by atoms with Crippen molar-refractivity contribution in [3.63, 3.8) is 0 Å². The van der Waals surface area contributed by atoms with Crippen molar-refractivity contribution in [2.75, 3.05) is 0 Å². The van der Waals surface area contributed by atoms with Gasteiger partial charge in [-0.05, 0) is 11.6 Å². The third-order valence-electron chi connectivity index (χ3n) is 1.52. The Morgan fingerprint density at radius 2 is 2.36 bits per heavy atom. The molecule has 0 aliphatic rings. The number of aromatic nitrogens is 2. The van der Waals surface area contributed by atoms with E-state index in [1.54, 1.807) is 6.20 Å². The van der Waals surface area contributed by atoms with Gasteiger partial charge in [-0.3, -0.25) is 5.10 Å². The molecule has 1 aromatic carbocycles. The number of rotatable bonds is 1. The average Bonchev–Trinajstić information content (AvgIpc) is 2.58. The predicted octanol–water partition coefficient (Wildman–Crippen LogP) is 1.88. The van der Waals surface area contributed by atoms with Gasteiger partial charge < -0.3 is 0 Å². The van der Waals surface area contributed by atoms with E-state index in [1.807, 2.05) is 30.5 Å². The maximum Gasteiger partial charge on any atom is 0.0565 e. The summed E-state index contributed by atoms with van der Waals surface area (Å²) in [5.41, 5.74) is 2.15. The molecule has 2 nitrogen and oxygen atoms in total. The van der Waals surface area contributed by atoms with Gasteiger partial charge in [0.05, 0.1) is 6.20 Å². The molecule has 1 radical (unpaired) electrons. The van der Waals surface area contributed by atoms with Crippen LogP contribution in [0.4, 0.5) is 0 Å². The summed E-state index contributed by atoms with van der Waals surface area (Å²) in [5, 5.41) is 6.61. The summed E-state index contributed by atoms with van der Waals surface area (Å²) in [6.07, 6.45) is 3.64. The van der Waals surface area contributed by atoms with Crippen molar-refractivity contribution in [2.24, 2.45) is 0 Å². The molecule has 0 atom stereocenters. The second kappa shape index (κ2) is 2.58. The Labute approximate surface area is 64.9 Å². The molecule has 1 N–H and O–H groups in total. The largest absolute Gasteiger partial charge is 0.285 e. The first-order valence-corrected chi connectivity index (χ1v) is 3.43. The minimum absolute atomic E-state index is 1.07. The maximum atomic E-state index is 3.85. The Morgan fingerprint density at radius 1 is 1.36 bits per heavy atom. The molecule has 1 heterocycles. The van der Waals surface area contributed by atoms with Gasteiger partial charge in [0.2, 0.25) is 0 Å². The Morgan fingerprint density at radius 3 is 3.00 bits per heavy atom. The molecule has 0 aliphatic carbocycles. The molecule has 0 bridgehead atoms. The molecule has 0 saturated heterocycles. The van der Waals surface area contributed by atoms with Crippen LogP contribution in [0.2, 0.25) is 0 Å². The fourth-order valence-corrected chi connectivity index (χ4v) is 0.971. The van der Waals surface area contributed by atoms with Crippen LogP contribution in [-0.4, -0.2) is 10.2 Å². The molecule has 1 aromatic heterocycles. The lowest BCUT2D eigenvalue weighted by Gasteiger charge is -1.91. The Hall–Kier alpha value is -1.57. The lowest BCUT2D eigenvalue weighted by molar-refractivity contribution is 1.09. The number of nitrogens with zero attached hydrogens (tertiary/aromatic N) is 1. The molecule has 0 spiro atoms. The summed E-state index contributed by atoms with van der Waals surface area (Å²) in [7, 11) is 0. The van der Waals surface area contributed by atoms with Gasteiger partial charge in [0, 0.05) is 11.8 Å². The quantitative estimate of drug-likeness (QED) is 0.648. The highest BCUT2D eigenvalue weighted by Gasteiger charge is 1.94. The molecule has 2 rings (SSSR count). The van der Waals surface area contributed by atoms with Crippen LogP contribution >= 0.6 is 0 Å². The summed E-state index contributed by atoms with van der Waals surface area (Å²) in [6, 6.07) is 10.9. The third-order valence-corrected chi connectivity index (χ3v) is 1.52. The van der Waals surface area contributed by atoms with Crippen molar-refractivity contribution in [3.8, 4) is 11.1 Å². The number of H-pyrrole nitrogens is 1. The predicted molar refractivity (Wildman–Crippen MR) is 42.9 cm³/mol. The van der Waals surface area contributed by atoms with Crippen LogP contribution in [0.5, 0.6) is 0 Å². The number of aromatic amines is 1. The SMILES string of the molecule is [c]1ccccc1-c1cn[nH]c1. The van der Waals surface area contributed by atoms with Crippen LogP contribution in [0.15, 0.2) is 36.7 Å². The summed E-state index contributed by atoms with van der Waals surface area (Å²) in [4.78, 5) is 0. The van der Waals surface area contributed by atoms with E-state index in [1.165, 1.54) is 0 Å². The lowest BCUT2D eigenvalue weighted by atomic mass is 10.1. The number of benzene rings is 1. The molecule has 0 fully saturated rings. The number of hydrogen-bond acceptors (Lipinski definition) is 1. The molecule has 2 heteroatoms. The van der Waals surface area contributed by atoms with Gasteiger partial charge in [0.25, 0.3) is 0 Å². The fourth-order valence-electron chi connectivity index (χ4n) is 0.971. The average molecular weight is 143 g/mol. The molecule has 0 unspecified atom stereocenters. The van der Waals surface area contributed by atoms with Gasteiger partial charge in [-0.2, -0.15) is 5.10 Å².